The number of carbonyl (C=O) groups excluding carboxylic acids is 1. The molecule has 3 heteroatoms. The molecule has 5 atom stereocenters. The van der Waals surface area contributed by atoms with Gasteiger partial charge in [-0.15, -0.1) is 0 Å². The fourth-order valence-electron chi connectivity index (χ4n) is 5.28. The Hall–Kier alpha value is -1.61. The van der Waals surface area contributed by atoms with Crippen molar-refractivity contribution in [3.63, 3.8) is 0 Å². The van der Waals surface area contributed by atoms with Crippen LogP contribution in [0, 0.1) is 17.3 Å². The summed E-state index contributed by atoms with van der Waals surface area (Å²) < 4.78 is 5.19. The minimum Gasteiger partial charge on any atom is -0.427 e. The van der Waals surface area contributed by atoms with Crippen LogP contribution in [0.15, 0.2) is 30.4 Å². The minimum atomic E-state index is -0.454. The molecule has 3 aliphatic carbocycles. The van der Waals surface area contributed by atoms with Gasteiger partial charge in [-0.1, -0.05) is 25.1 Å². The quantitative estimate of drug-likeness (QED) is 0.482. The minimum absolute atomic E-state index is 0.316. The molecular weight excluding hydrogens is 288 g/mol. The Morgan fingerprint density at radius 2 is 2.17 bits per heavy atom. The normalized spacial score (nSPS) is 37.7. The molecule has 1 aromatic carbocycles. The van der Waals surface area contributed by atoms with Crippen molar-refractivity contribution in [2.75, 3.05) is 0 Å². The lowest BCUT2D eigenvalue weighted by Gasteiger charge is -2.49. The predicted molar refractivity (Wildman–Crippen MR) is 88.1 cm³/mol. The Balaban J connectivity index is 1.69. The predicted octanol–water partition coefficient (Wildman–Crippen LogP) is 4.13. The molecule has 0 heterocycles. The van der Waals surface area contributed by atoms with Crippen molar-refractivity contribution in [1.29, 1.82) is 0 Å². The van der Waals surface area contributed by atoms with Crippen molar-refractivity contribution in [3.05, 3.63) is 41.5 Å². The van der Waals surface area contributed by atoms with Gasteiger partial charge in [-0.3, -0.25) is 4.79 Å². The van der Waals surface area contributed by atoms with Crippen molar-refractivity contribution < 1.29 is 14.6 Å². The maximum absolute atomic E-state index is 11.2. The Bertz CT molecular complexity index is 677. The van der Waals surface area contributed by atoms with Crippen LogP contribution >= 0.6 is 0 Å². The van der Waals surface area contributed by atoms with Crippen molar-refractivity contribution in [1.82, 2.24) is 0 Å². The second kappa shape index (κ2) is 5.20. The molecule has 0 amide bonds. The third kappa shape index (κ3) is 2.33. The highest BCUT2D eigenvalue weighted by Crippen LogP contribution is 2.60. The summed E-state index contributed by atoms with van der Waals surface area (Å²) >= 11 is 0. The highest BCUT2D eigenvalue weighted by molar-refractivity contribution is 5.69. The number of fused-ring (bicyclic) bond motifs is 5. The number of rotatable bonds is 1. The van der Waals surface area contributed by atoms with Gasteiger partial charge in [0.2, 0.25) is 0 Å². The molecule has 1 saturated carbocycles. The smallest absolute Gasteiger partial charge is 0.308 e. The van der Waals surface area contributed by atoms with Crippen LogP contribution in [0.2, 0.25) is 0 Å². The first-order chi connectivity index (χ1) is 11.0. The van der Waals surface area contributed by atoms with Crippen molar-refractivity contribution in [3.8, 4) is 5.75 Å². The number of esters is 1. The van der Waals surface area contributed by atoms with Crippen LogP contribution in [0.5, 0.6) is 5.75 Å². The van der Waals surface area contributed by atoms with Gasteiger partial charge in [-0.05, 0) is 72.1 Å². The van der Waals surface area contributed by atoms with E-state index in [9.17, 15) is 9.90 Å². The lowest BCUT2D eigenvalue weighted by atomic mass is 9.55. The Morgan fingerprint density at radius 1 is 1.35 bits per heavy atom. The summed E-state index contributed by atoms with van der Waals surface area (Å²) in [7, 11) is 0. The van der Waals surface area contributed by atoms with E-state index in [0.29, 0.717) is 28.9 Å². The number of hydrogen-bond acceptors (Lipinski definition) is 3. The maximum atomic E-state index is 11.2. The second-order valence-electron chi connectivity index (χ2n) is 7.70. The number of allylic oxidation sites excluding steroid dienone is 2. The lowest BCUT2D eigenvalue weighted by Crippen LogP contribution is -2.40. The first-order valence-electron chi connectivity index (χ1n) is 8.66. The number of carbonyl (C=O) groups is 1. The van der Waals surface area contributed by atoms with E-state index in [-0.39, 0.29) is 5.97 Å². The number of aliphatic hydroxyl groups is 1. The van der Waals surface area contributed by atoms with Crippen LogP contribution in [0.25, 0.3) is 0 Å². The average Bonchev–Trinajstić information content (AvgIpc) is 2.89. The third-order valence-electron chi connectivity index (χ3n) is 6.34. The van der Waals surface area contributed by atoms with Gasteiger partial charge in [0, 0.05) is 6.92 Å². The Kier molecular flexibility index (Phi) is 3.38. The van der Waals surface area contributed by atoms with Crippen LogP contribution in [-0.2, 0) is 4.79 Å². The molecule has 1 fully saturated rings. The molecular formula is C20H24O3. The van der Waals surface area contributed by atoms with Crippen LogP contribution in [-0.4, -0.2) is 11.1 Å². The second-order valence-corrected chi connectivity index (χ2v) is 7.70. The number of ether oxygens (including phenoxy) is 1. The first kappa shape index (κ1) is 14.9. The molecule has 0 radical (unpaired) electrons. The van der Waals surface area contributed by atoms with E-state index in [1.807, 2.05) is 12.1 Å². The molecule has 3 unspecified atom stereocenters. The summed E-state index contributed by atoms with van der Waals surface area (Å²) in [5.41, 5.74) is 2.54. The zero-order valence-corrected chi connectivity index (χ0v) is 13.8. The zero-order chi connectivity index (χ0) is 16.2. The van der Waals surface area contributed by atoms with Crippen LogP contribution in [0.1, 0.15) is 62.7 Å². The summed E-state index contributed by atoms with van der Waals surface area (Å²) in [5, 5.41) is 10.7. The number of aliphatic hydroxyl groups excluding tert-OH is 1. The third-order valence-corrected chi connectivity index (χ3v) is 6.34. The molecule has 1 aromatic rings. The first-order valence-corrected chi connectivity index (χ1v) is 8.66. The molecule has 0 spiro atoms. The fourth-order valence-corrected chi connectivity index (χ4v) is 5.28. The van der Waals surface area contributed by atoms with Gasteiger partial charge in [-0.25, -0.2) is 0 Å². The standard InChI is InChI=1S/C20H24O3/c1-12(21)23-13-5-6-14-15-7-9-20(2)8-3-4-18(20)16(15)11-19(22)17(14)10-13/h3,5-6,8,10,15-16,18-19,22H,4,7,9,11H2,1-2H3/t15?,16?,18?,19-,20+/m1/s1. The van der Waals surface area contributed by atoms with E-state index >= 15 is 0 Å². The van der Waals surface area contributed by atoms with Gasteiger partial charge in [0.05, 0.1) is 6.10 Å². The topological polar surface area (TPSA) is 46.5 Å². The van der Waals surface area contributed by atoms with E-state index in [4.69, 9.17) is 4.74 Å². The molecule has 23 heavy (non-hydrogen) atoms. The van der Waals surface area contributed by atoms with E-state index in [1.54, 1.807) is 0 Å². The molecule has 3 nitrogen and oxygen atoms in total. The summed E-state index contributed by atoms with van der Waals surface area (Å²) in [6, 6.07) is 5.80. The van der Waals surface area contributed by atoms with Gasteiger partial charge >= 0.3 is 5.97 Å². The van der Waals surface area contributed by atoms with Crippen LogP contribution in [0.4, 0.5) is 0 Å². The monoisotopic (exact) mass is 312 g/mol. The summed E-state index contributed by atoms with van der Waals surface area (Å²) in [6.45, 7) is 3.78. The van der Waals surface area contributed by atoms with Crippen molar-refractivity contribution in [2.24, 2.45) is 17.3 Å². The van der Waals surface area contributed by atoms with Crippen LogP contribution in [0.3, 0.4) is 0 Å². The largest absolute Gasteiger partial charge is 0.427 e. The zero-order valence-electron chi connectivity index (χ0n) is 13.8. The molecule has 0 saturated heterocycles. The van der Waals surface area contributed by atoms with Gasteiger partial charge in [-0.2, -0.15) is 0 Å². The fraction of sp³-hybridized carbons (Fsp3) is 0.550. The Morgan fingerprint density at radius 3 is 2.96 bits per heavy atom. The van der Waals surface area contributed by atoms with E-state index < -0.39 is 6.10 Å². The molecule has 122 valence electrons. The van der Waals surface area contributed by atoms with Gasteiger partial charge in [0.1, 0.15) is 5.75 Å². The molecule has 3 aliphatic rings. The lowest BCUT2D eigenvalue weighted by molar-refractivity contribution is -0.131. The van der Waals surface area contributed by atoms with Gasteiger partial charge < -0.3 is 9.84 Å². The van der Waals surface area contributed by atoms with Crippen molar-refractivity contribution >= 4 is 5.97 Å². The van der Waals surface area contributed by atoms with E-state index in [1.165, 1.54) is 25.3 Å². The summed E-state index contributed by atoms with van der Waals surface area (Å²) in [6.07, 6.45) is 8.64. The van der Waals surface area contributed by atoms with E-state index in [2.05, 4.69) is 25.1 Å². The van der Waals surface area contributed by atoms with Gasteiger partial charge in [0.25, 0.3) is 0 Å². The molecule has 0 aromatic heterocycles. The highest BCUT2D eigenvalue weighted by Gasteiger charge is 2.49. The molecule has 4 rings (SSSR count). The molecule has 1 N–H and O–H groups in total. The number of benzene rings is 1. The van der Waals surface area contributed by atoms with Gasteiger partial charge in [0.15, 0.2) is 0 Å². The average molecular weight is 312 g/mol. The summed E-state index contributed by atoms with van der Waals surface area (Å²) in [5.74, 6) is 1.94. The van der Waals surface area contributed by atoms with Crippen molar-refractivity contribution in [2.45, 2.75) is 51.6 Å². The SMILES string of the molecule is CC(=O)Oc1ccc2c(c1)[C@H](O)CC1C2CC[C@]2(C)C=CCC12. The van der Waals surface area contributed by atoms with E-state index in [0.717, 1.165) is 18.4 Å². The summed E-state index contributed by atoms with van der Waals surface area (Å²) in [4.78, 5) is 11.2. The maximum Gasteiger partial charge on any atom is 0.308 e. The highest BCUT2D eigenvalue weighted by atomic mass is 16.5. The molecule has 0 bridgehead atoms. The molecule has 0 aliphatic heterocycles. The Labute approximate surface area is 137 Å². The number of hydrogen-bond donors (Lipinski definition) is 1. The van der Waals surface area contributed by atoms with Crippen LogP contribution < -0.4 is 4.74 Å².